The lowest BCUT2D eigenvalue weighted by Gasteiger charge is -2.07. The number of para-hydroxylation sites is 1. The third-order valence-electron chi connectivity index (χ3n) is 2.35. The molecule has 1 heterocycles. The van der Waals surface area contributed by atoms with Crippen LogP contribution in [-0.4, -0.2) is 15.5 Å². The van der Waals surface area contributed by atoms with E-state index < -0.39 is 12.5 Å². The minimum atomic E-state index is -1.31. The Morgan fingerprint density at radius 2 is 2.25 bits per heavy atom. The highest BCUT2D eigenvalue weighted by atomic mass is 16.4. The van der Waals surface area contributed by atoms with Gasteiger partial charge < -0.3 is 9.90 Å². The first kappa shape index (κ1) is 10.4. The number of carboxylic acid groups (broad SMARTS) is 1. The molecular weight excluding hydrogens is 208 g/mol. The lowest BCUT2D eigenvalue weighted by atomic mass is 10.1. The van der Waals surface area contributed by atoms with Gasteiger partial charge in [0.1, 0.15) is 0 Å². The molecule has 0 aliphatic carbocycles. The fraction of sp³-hybridized carbons (Fsp3) is 0.182. The predicted octanol–water partition coefficient (Wildman–Crippen LogP) is -0.545. The predicted molar refractivity (Wildman–Crippen MR) is 55.7 cm³/mol. The van der Waals surface area contributed by atoms with E-state index in [2.05, 4.69) is 4.98 Å². The summed E-state index contributed by atoms with van der Waals surface area (Å²) in [5.41, 5.74) is 1.12. The minimum absolute atomic E-state index is 0.363. The number of carbonyl (C=O) groups is 1. The molecule has 0 aliphatic rings. The van der Waals surface area contributed by atoms with E-state index in [0.717, 1.165) is 10.1 Å². The van der Waals surface area contributed by atoms with Crippen molar-refractivity contribution in [2.45, 2.75) is 13.5 Å². The summed E-state index contributed by atoms with van der Waals surface area (Å²) in [5.74, 6) is -1.31. The van der Waals surface area contributed by atoms with Gasteiger partial charge in [0.15, 0.2) is 0 Å². The van der Waals surface area contributed by atoms with Crippen molar-refractivity contribution in [3.8, 4) is 0 Å². The average Bonchev–Trinajstić information content (AvgIpc) is 2.23. The largest absolute Gasteiger partial charge is 0.548 e. The van der Waals surface area contributed by atoms with Crippen LogP contribution < -0.4 is 10.7 Å². The molecule has 0 radical (unpaired) electrons. The minimum Gasteiger partial charge on any atom is -0.548 e. The molecule has 2 aromatic rings. The summed E-state index contributed by atoms with van der Waals surface area (Å²) < 4.78 is 1.02. The second kappa shape index (κ2) is 3.77. The molecule has 0 spiro atoms. The number of carbonyl (C=O) groups excluding carboxylic acids is 1. The molecule has 16 heavy (non-hydrogen) atoms. The molecule has 2 rings (SSSR count). The molecule has 0 saturated carbocycles. The van der Waals surface area contributed by atoms with E-state index >= 15 is 0 Å². The Morgan fingerprint density at radius 3 is 2.94 bits per heavy atom. The van der Waals surface area contributed by atoms with Crippen LogP contribution in [0.1, 0.15) is 5.56 Å². The molecule has 82 valence electrons. The SMILES string of the molecule is Cc1cccc2c(=O)n(CC(=O)[O-])cnc12. The van der Waals surface area contributed by atoms with Gasteiger partial charge in [0, 0.05) is 0 Å². The maximum atomic E-state index is 11.8. The number of hydrogen-bond donors (Lipinski definition) is 0. The Bertz CT molecular complexity index is 616. The summed E-state index contributed by atoms with van der Waals surface area (Å²) in [6.45, 7) is 1.37. The lowest BCUT2D eigenvalue weighted by molar-refractivity contribution is -0.306. The van der Waals surface area contributed by atoms with E-state index in [1.807, 2.05) is 13.0 Å². The van der Waals surface area contributed by atoms with E-state index in [4.69, 9.17) is 0 Å². The highest BCUT2D eigenvalue weighted by molar-refractivity contribution is 5.80. The molecule has 5 nitrogen and oxygen atoms in total. The topological polar surface area (TPSA) is 75.0 Å². The molecule has 1 aromatic heterocycles. The molecule has 1 aromatic carbocycles. The first-order valence-electron chi connectivity index (χ1n) is 4.74. The molecule has 0 atom stereocenters. The van der Waals surface area contributed by atoms with Gasteiger partial charge in [-0.05, 0) is 18.6 Å². The van der Waals surface area contributed by atoms with Crippen LogP contribution in [0, 0.1) is 6.92 Å². The van der Waals surface area contributed by atoms with Crippen molar-refractivity contribution in [2.24, 2.45) is 0 Å². The summed E-state index contributed by atoms with van der Waals surface area (Å²) >= 11 is 0. The maximum Gasteiger partial charge on any atom is 0.261 e. The average molecular weight is 217 g/mol. The van der Waals surface area contributed by atoms with Crippen LogP contribution in [0.15, 0.2) is 29.3 Å². The van der Waals surface area contributed by atoms with Crippen LogP contribution in [0.5, 0.6) is 0 Å². The Morgan fingerprint density at radius 1 is 1.50 bits per heavy atom. The third kappa shape index (κ3) is 1.67. The molecule has 0 saturated heterocycles. The van der Waals surface area contributed by atoms with E-state index in [-0.39, 0.29) is 5.56 Å². The number of benzene rings is 1. The van der Waals surface area contributed by atoms with Gasteiger partial charge >= 0.3 is 0 Å². The highest BCUT2D eigenvalue weighted by Crippen LogP contribution is 2.10. The maximum absolute atomic E-state index is 11.8. The zero-order chi connectivity index (χ0) is 11.7. The van der Waals surface area contributed by atoms with Gasteiger partial charge in [-0.3, -0.25) is 9.36 Å². The van der Waals surface area contributed by atoms with Crippen molar-refractivity contribution in [1.82, 2.24) is 9.55 Å². The number of nitrogens with zero attached hydrogens (tertiary/aromatic N) is 2. The number of aromatic nitrogens is 2. The van der Waals surface area contributed by atoms with E-state index in [9.17, 15) is 14.7 Å². The van der Waals surface area contributed by atoms with E-state index in [0.29, 0.717) is 10.9 Å². The summed E-state index contributed by atoms with van der Waals surface area (Å²) in [7, 11) is 0. The molecular formula is C11H9N2O3-. The van der Waals surface area contributed by atoms with Gasteiger partial charge in [-0.2, -0.15) is 0 Å². The van der Waals surface area contributed by atoms with E-state index in [1.54, 1.807) is 12.1 Å². The number of fused-ring (bicyclic) bond motifs is 1. The third-order valence-corrected chi connectivity index (χ3v) is 2.35. The summed E-state index contributed by atoms with van der Waals surface area (Å²) in [6, 6.07) is 5.21. The molecule has 5 heteroatoms. The summed E-state index contributed by atoms with van der Waals surface area (Å²) in [5, 5.41) is 10.8. The summed E-state index contributed by atoms with van der Waals surface area (Å²) in [6.07, 6.45) is 1.23. The molecule has 0 fully saturated rings. The lowest BCUT2D eigenvalue weighted by Crippen LogP contribution is -2.33. The second-order valence-corrected chi connectivity index (χ2v) is 3.52. The van der Waals surface area contributed by atoms with E-state index in [1.165, 1.54) is 6.33 Å². The van der Waals surface area contributed by atoms with Gasteiger partial charge in [-0.15, -0.1) is 0 Å². The zero-order valence-corrected chi connectivity index (χ0v) is 8.64. The molecule has 0 bridgehead atoms. The van der Waals surface area contributed by atoms with Crippen LogP contribution in [-0.2, 0) is 11.3 Å². The number of rotatable bonds is 2. The Labute approximate surface area is 91.0 Å². The first-order chi connectivity index (χ1) is 7.59. The monoisotopic (exact) mass is 217 g/mol. The zero-order valence-electron chi connectivity index (χ0n) is 8.64. The van der Waals surface area contributed by atoms with Crippen molar-refractivity contribution >= 4 is 16.9 Å². The van der Waals surface area contributed by atoms with Gasteiger partial charge in [-0.25, -0.2) is 4.98 Å². The molecule has 0 amide bonds. The van der Waals surface area contributed by atoms with Crippen LogP contribution >= 0.6 is 0 Å². The highest BCUT2D eigenvalue weighted by Gasteiger charge is 2.05. The number of aryl methyl sites for hydroxylation is 1. The normalized spacial score (nSPS) is 10.6. The van der Waals surface area contributed by atoms with Gasteiger partial charge in [-0.1, -0.05) is 12.1 Å². The van der Waals surface area contributed by atoms with Crippen LogP contribution in [0.25, 0.3) is 10.9 Å². The Hall–Kier alpha value is -2.17. The number of carboxylic acids is 1. The van der Waals surface area contributed by atoms with Crippen molar-refractivity contribution in [1.29, 1.82) is 0 Å². The number of aliphatic carboxylic acids is 1. The smallest absolute Gasteiger partial charge is 0.261 e. The molecule has 0 aliphatic heterocycles. The van der Waals surface area contributed by atoms with Crippen molar-refractivity contribution in [2.75, 3.05) is 0 Å². The fourth-order valence-corrected chi connectivity index (χ4v) is 1.59. The van der Waals surface area contributed by atoms with Gasteiger partial charge in [0.05, 0.1) is 29.7 Å². The first-order valence-corrected chi connectivity index (χ1v) is 4.74. The Kier molecular flexibility index (Phi) is 2.44. The van der Waals surface area contributed by atoms with Crippen LogP contribution in [0.3, 0.4) is 0 Å². The Balaban J connectivity index is 2.71. The number of hydrogen-bond acceptors (Lipinski definition) is 4. The van der Waals surface area contributed by atoms with Crippen molar-refractivity contribution < 1.29 is 9.90 Å². The van der Waals surface area contributed by atoms with Crippen molar-refractivity contribution in [3.05, 3.63) is 40.4 Å². The van der Waals surface area contributed by atoms with Crippen LogP contribution in [0.4, 0.5) is 0 Å². The van der Waals surface area contributed by atoms with Crippen LogP contribution in [0.2, 0.25) is 0 Å². The summed E-state index contributed by atoms with van der Waals surface area (Å²) in [4.78, 5) is 26.3. The standard InChI is InChI=1S/C11H10N2O3/c1-7-3-2-4-8-10(7)12-6-13(11(8)16)5-9(14)15/h2-4,6H,5H2,1H3,(H,14,15)/p-1. The fourth-order valence-electron chi connectivity index (χ4n) is 1.59. The quantitative estimate of drug-likeness (QED) is 0.676. The van der Waals surface area contributed by atoms with Gasteiger partial charge in [0.2, 0.25) is 0 Å². The van der Waals surface area contributed by atoms with Crippen molar-refractivity contribution in [3.63, 3.8) is 0 Å². The molecule has 0 N–H and O–H groups in total. The molecule has 0 unspecified atom stereocenters. The van der Waals surface area contributed by atoms with Gasteiger partial charge in [0.25, 0.3) is 5.56 Å². The second-order valence-electron chi connectivity index (χ2n) is 3.52.